The summed E-state index contributed by atoms with van der Waals surface area (Å²) in [6.07, 6.45) is 7.10. The molecule has 2 aromatic rings. The molecule has 0 spiro atoms. The van der Waals surface area contributed by atoms with Gasteiger partial charge < -0.3 is 14.4 Å². The second-order valence-corrected chi connectivity index (χ2v) is 6.53. The third kappa shape index (κ3) is 2.95. The Hall–Kier alpha value is -2.88. The molecule has 1 atom stereocenters. The van der Waals surface area contributed by atoms with E-state index in [0.717, 1.165) is 31.0 Å². The lowest BCUT2D eigenvalue weighted by Gasteiger charge is -2.37. The molecule has 7 nitrogen and oxygen atoms in total. The number of aryl methyl sites for hydroxylation is 1. The van der Waals surface area contributed by atoms with Crippen LogP contribution in [0.5, 0.6) is 0 Å². The van der Waals surface area contributed by atoms with E-state index in [4.69, 9.17) is 0 Å². The Kier molecular flexibility index (Phi) is 4.10. The van der Waals surface area contributed by atoms with Crippen LogP contribution < -0.4 is 4.90 Å². The van der Waals surface area contributed by atoms with Crippen molar-refractivity contribution in [2.24, 2.45) is 5.92 Å². The molecule has 0 saturated carbocycles. The third-order valence-corrected chi connectivity index (χ3v) is 5.10. The fraction of sp³-hybridized carbons (Fsp3) is 0.444. The predicted octanol–water partition coefficient (Wildman–Crippen LogP) is 1.06. The number of aromatic nitrogens is 3. The molecule has 1 unspecified atom stereocenters. The van der Waals surface area contributed by atoms with Crippen molar-refractivity contribution in [2.75, 3.05) is 31.1 Å². The molecular formula is C18H20N6O. The van der Waals surface area contributed by atoms with E-state index in [1.807, 2.05) is 11.1 Å². The Balaban J connectivity index is 1.39. The summed E-state index contributed by atoms with van der Waals surface area (Å²) in [4.78, 5) is 25.6. The van der Waals surface area contributed by atoms with Gasteiger partial charge in [0.2, 0.25) is 5.91 Å². The summed E-state index contributed by atoms with van der Waals surface area (Å²) in [5.41, 5.74) is 0.585. The van der Waals surface area contributed by atoms with Gasteiger partial charge in [0.25, 0.3) is 0 Å². The van der Waals surface area contributed by atoms with Crippen molar-refractivity contribution in [3.05, 3.63) is 42.1 Å². The average Bonchev–Trinajstić information content (AvgIpc) is 3.15. The Labute approximate surface area is 146 Å². The number of carbonyl (C=O) groups is 1. The first-order chi connectivity index (χ1) is 12.3. The first-order valence-electron chi connectivity index (χ1n) is 8.65. The van der Waals surface area contributed by atoms with Crippen LogP contribution in [0.15, 0.2) is 30.7 Å². The van der Waals surface area contributed by atoms with Crippen molar-refractivity contribution < 1.29 is 4.79 Å². The lowest BCUT2D eigenvalue weighted by Crippen LogP contribution is -2.51. The number of anilines is 1. The zero-order valence-corrected chi connectivity index (χ0v) is 14.0. The van der Waals surface area contributed by atoms with Crippen LogP contribution in [0.4, 0.5) is 5.82 Å². The monoisotopic (exact) mass is 336 g/mol. The topological polar surface area (TPSA) is 78.0 Å². The number of rotatable bonds is 2. The summed E-state index contributed by atoms with van der Waals surface area (Å²) >= 11 is 0. The Morgan fingerprint density at radius 1 is 1.16 bits per heavy atom. The number of pyridine rings is 1. The minimum atomic E-state index is 0.0333. The number of hydrogen-bond acceptors (Lipinski definition) is 5. The Bertz CT molecular complexity index is 815. The summed E-state index contributed by atoms with van der Waals surface area (Å²) < 4.78 is 2.13. The van der Waals surface area contributed by atoms with Crippen molar-refractivity contribution in [1.29, 1.82) is 5.26 Å². The first-order valence-corrected chi connectivity index (χ1v) is 8.65. The lowest BCUT2D eigenvalue weighted by atomic mass is 9.96. The molecule has 0 aliphatic carbocycles. The number of nitriles is 1. The molecule has 4 heterocycles. The molecule has 1 amide bonds. The minimum absolute atomic E-state index is 0.0333. The zero-order chi connectivity index (χ0) is 17.2. The van der Waals surface area contributed by atoms with Crippen LogP contribution in [-0.4, -0.2) is 51.5 Å². The number of hydrogen-bond donors (Lipinski definition) is 0. The van der Waals surface area contributed by atoms with Crippen molar-refractivity contribution in [2.45, 2.75) is 19.4 Å². The average molecular weight is 336 g/mol. The molecule has 2 aliphatic heterocycles. The lowest BCUT2D eigenvalue weighted by molar-refractivity contribution is -0.136. The normalized spacial score (nSPS) is 20.0. The smallest absolute Gasteiger partial charge is 0.226 e. The van der Waals surface area contributed by atoms with Crippen LogP contribution in [0.1, 0.15) is 17.8 Å². The molecule has 0 bridgehead atoms. The van der Waals surface area contributed by atoms with E-state index in [-0.39, 0.29) is 11.8 Å². The van der Waals surface area contributed by atoms with E-state index in [9.17, 15) is 10.1 Å². The molecule has 4 rings (SSSR count). The van der Waals surface area contributed by atoms with Crippen LogP contribution in [0.3, 0.4) is 0 Å². The standard InChI is InChI=1S/C18H20N6O/c19-13-15-2-1-4-21-17(15)23-8-10-24(11-9-23)18(25)14-3-6-22-7-5-20-16(22)12-14/h1-2,4-5,7,14H,3,6,8-12H2. The number of fused-ring (bicyclic) bond motifs is 1. The summed E-state index contributed by atoms with van der Waals surface area (Å²) in [6.45, 7) is 3.62. The number of piperazine rings is 1. The van der Waals surface area contributed by atoms with Crippen molar-refractivity contribution >= 4 is 11.7 Å². The second-order valence-electron chi connectivity index (χ2n) is 6.53. The van der Waals surface area contributed by atoms with Gasteiger partial charge in [0.15, 0.2) is 0 Å². The van der Waals surface area contributed by atoms with Crippen LogP contribution in [-0.2, 0) is 17.8 Å². The highest BCUT2D eigenvalue weighted by Gasteiger charge is 2.31. The van der Waals surface area contributed by atoms with Crippen molar-refractivity contribution in [3.8, 4) is 6.07 Å². The number of amides is 1. The molecule has 25 heavy (non-hydrogen) atoms. The molecule has 2 aromatic heterocycles. The molecule has 1 saturated heterocycles. The maximum Gasteiger partial charge on any atom is 0.226 e. The summed E-state index contributed by atoms with van der Waals surface area (Å²) in [5, 5.41) is 9.23. The van der Waals surface area contributed by atoms with Gasteiger partial charge in [-0.1, -0.05) is 0 Å². The second kappa shape index (κ2) is 6.55. The van der Waals surface area contributed by atoms with Crippen LogP contribution >= 0.6 is 0 Å². The van der Waals surface area contributed by atoms with Gasteiger partial charge in [0.05, 0.1) is 5.56 Å². The van der Waals surface area contributed by atoms with Gasteiger partial charge in [-0.3, -0.25) is 4.79 Å². The molecule has 0 radical (unpaired) electrons. The highest BCUT2D eigenvalue weighted by Crippen LogP contribution is 2.23. The van der Waals surface area contributed by atoms with E-state index in [0.29, 0.717) is 31.7 Å². The highest BCUT2D eigenvalue weighted by atomic mass is 16.2. The van der Waals surface area contributed by atoms with E-state index in [1.54, 1.807) is 24.5 Å². The quantitative estimate of drug-likeness (QED) is 0.819. The van der Waals surface area contributed by atoms with Crippen molar-refractivity contribution in [3.63, 3.8) is 0 Å². The Morgan fingerprint density at radius 3 is 2.80 bits per heavy atom. The fourth-order valence-electron chi connectivity index (χ4n) is 3.69. The molecule has 7 heteroatoms. The molecule has 0 aromatic carbocycles. The molecule has 2 aliphatic rings. The van der Waals surface area contributed by atoms with Gasteiger partial charge in [0.1, 0.15) is 17.7 Å². The minimum Gasteiger partial charge on any atom is -0.352 e. The van der Waals surface area contributed by atoms with Crippen LogP contribution in [0.2, 0.25) is 0 Å². The van der Waals surface area contributed by atoms with Gasteiger partial charge in [0, 0.05) is 63.7 Å². The summed E-state index contributed by atoms with van der Waals surface area (Å²) in [7, 11) is 0. The van der Waals surface area contributed by atoms with Gasteiger partial charge in [-0.15, -0.1) is 0 Å². The first kappa shape index (κ1) is 15.6. The van der Waals surface area contributed by atoms with E-state index >= 15 is 0 Å². The van der Waals surface area contributed by atoms with Crippen molar-refractivity contribution in [1.82, 2.24) is 19.4 Å². The van der Waals surface area contributed by atoms with Gasteiger partial charge in [-0.2, -0.15) is 5.26 Å². The third-order valence-electron chi connectivity index (χ3n) is 5.10. The molecule has 1 fully saturated rings. The molecule has 0 N–H and O–H groups in total. The fourth-order valence-corrected chi connectivity index (χ4v) is 3.69. The van der Waals surface area contributed by atoms with Gasteiger partial charge >= 0.3 is 0 Å². The number of imidazole rings is 1. The maximum atomic E-state index is 12.9. The largest absolute Gasteiger partial charge is 0.352 e. The maximum absolute atomic E-state index is 12.9. The summed E-state index contributed by atoms with van der Waals surface area (Å²) in [6, 6.07) is 5.75. The summed E-state index contributed by atoms with van der Waals surface area (Å²) in [5.74, 6) is 1.99. The Morgan fingerprint density at radius 2 is 2.00 bits per heavy atom. The van der Waals surface area contributed by atoms with Crippen LogP contribution in [0.25, 0.3) is 0 Å². The van der Waals surface area contributed by atoms with Gasteiger partial charge in [-0.05, 0) is 18.6 Å². The SMILES string of the molecule is N#Cc1cccnc1N1CCN(C(=O)C2CCn3ccnc3C2)CC1. The number of nitrogens with zero attached hydrogens (tertiary/aromatic N) is 6. The van der Waals surface area contributed by atoms with Gasteiger partial charge in [-0.25, -0.2) is 9.97 Å². The van der Waals surface area contributed by atoms with E-state index < -0.39 is 0 Å². The predicted molar refractivity (Wildman–Crippen MR) is 91.8 cm³/mol. The number of carbonyl (C=O) groups excluding carboxylic acids is 1. The molecular weight excluding hydrogens is 316 g/mol. The van der Waals surface area contributed by atoms with Crippen LogP contribution in [0, 0.1) is 17.2 Å². The zero-order valence-electron chi connectivity index (χ0n) is 14.0. The van der Waals surface area contributed by atoms with E-state index in [2.05, 4.69) is 25.5 Å². The molecule has 128 valence electrons. The highest BCUT2D eigenvalue weighted by molar-refractivity contribution is 5.79. The van der Waals surface area contributed by atoms with E-state index in [1.165, 1.54) is 0 Å².